The van der Waals surface area contributed by atoms with Gasteiger partial charge in [0.2, 0.25) is 0 Å². The monoisotopic (exact) mass is 361 g/mol. The van der Waals surface area contributed by atoms with E-state index in [2.05, 4.69) is 26.1 Å². The first-order valence-corrected chi connectivity index (χ1v) is 9.01. The lowest BCUT2D eigenvalue weighted by molar-refractivity contribution is 0.308. The molecular weight excluding hydrogens is 338 g/mol. The van der Waals surface area contributed by atoms with Crippen molar-refractivity contribution in [3.05, 3.63) is 72.6 Å². The lowest BCUT2D eigenvalue weighted by Gasteiger charge is -2.22. The number of nitrogens with one attached hydrogen (secondary N) is 1. The highest BCUT2D eigenvalue weighted by Gasteiger charge is 2.22. The lowest BCUT2D eigenvalue weighted by atomic mass is 10.1. The number of aromatic nitrogens is 2. The third-order valence-corrected chi connectivity index (χ3v) is 4.10. The maximum Gasteiger partial charge on any atom is 0.182 e. The molecule has 4 rings (SSSR count). The van der Waals surface area contributed by atoms with Crippen molar-refractivity contribution >= 4 is 11.5 Å². The van der Waals surface area contributed by atoms with Gasteiger partial charge in [0.1, 0.15) is 18.1 Å². The molecule has 1 N–H and O–H groups in total. The molecule has 0 saturated carbocycles. The molecule has 1 aromatic carbocycles. The molecule has 0 spiro atoms. The highest BCUT2D eigenvalue weighted by atomic mass is 16.5. The summed E-state index contributed by atoms with van der Waals surface area (Å²) in [7, 11) is 0. The Morgan fingerprint density at radius 1 is 1.04 bits per heavy atom. The Morgan fingerprint density at radius 2 is 1.85 bits per heavy atom. The summed E-state index contributed by atoms with van der Waals surface area (Å²) in [5.41, 5.74) is 2.51. The molecule has 27 heavy (non-hydrogen) atoms. The molecule has 5 nitrogen and oxygen atoms in total. The second-order valence-electron chi connectivity index (χ2n) is 7.50. The minimum atomic E-state index is -0.127. The maximum atomic E-state index is 6.08. The number of imidazole rings is 1. The zero-order valence-corrected chi connectivity index (χ0v) is 15.8. The van der Waals surface area contributed by atoms with Crippen LogP contribution in [-0.4, -0.2) is 14.9 Å². The Morgan fingerprint density at radius 3 is 2.56 bits per heavy atom. The van der Waals surface area contributed by atoms with Gasteiger partial charge in [-0.1, -0.05) is 30.3 Å². The van der Waals surface area contributed by atoms with E-state index in [1.54, 1.807) is 6.26 Å². The SMILES string of the molecule is CC(C)(C)Nc1c(-c2ccco2)nc2c(OCc3ccccc3)cccn12. The van der Waals surface area contributed by atoms with Crippen LogP contribution in [-0.2, 0) is 6.61 Å². The predicted molar refractivity (Wildman–Crippen MR) is 107 cm³/mol. The van der Waals surface area contributed by atoms with E-state index in [9.17, 15) is 0 Å². The molecule has 0 bridgehead atoms. The molecule has 5 heteroatoms. The molecule has 0 atom stereocenters. The van der Waals surface area contributed by atoms with Gasteiger partial charge in [0.25, 0.3) is 0 Å². The van der Waals surface area contributed by atoms with Gasteiger partial charge in [-0.2, -0.15) is 0 Å². The summed E-state index contributed by atoms with van der Waals surface area (Å²) in [6.07, 6.45) is 3.64. The van der Waals surface area contributed by atoms with Crippen molar-refractivity contribution in [3.63, 3.8) is 0 Å². The van der Waals surface area contributed by atoms with Gasteiger partial charge in [0.15, 0.2) is 17.2 Å². The number of fused-ring (bicyclic) bond motifs is 1. The summed E-state index contributed by atoms with van der Waals surface area (Å²) in [5.74, 6) is 2.34. The van der Waals surface area contributed by atoms with E-state index < -0.39 is 0 Å². The molecule has 0 amide bonds. The van der Waals surface area contributed by atoms with Crippen LogP contribution in [0, 0.1) is 0 Å². The quantitative estimate of drug-likeness (QED) is 0.518. The van der Waals surface area contributed by atoms with E-state index in [1.807, 2.05) is 65.2 Å². The number of nitrogens with zero attached hydrogens (tertiary/aromatic N) is 2. The molecule has 0 aliphatic carbocycles. The molecular formula is C22H23N3O2. The van der Waals surface area contributed by atoms with Crippen LogP contribution in [0.5, 0.6) is 5.75 Å². The molecule has 0 aliphatic heterocycles. The van der Waals surface area contributed by atoms with Gasteiger partial charge in [0.05, 0.1) is 6.26 Å². The van der Waals surface area contributed by atoms with Crippen LogP contribution in [0.2, 0.25) is 0 Å². The van der Waals surface area contributed by atoms with Crippen LogP contribution in [0.3, 0.4) is 0 Å². The molecule has 0 fully saturated rings. The van der Waals surface area contributed by atoms with E-state index >= 15 is 0 Å². The highest BCUT2D eigenvalue weighted by Crippen LogP contribution is 2.34. The van der Waals surface area contributed by atoms with Crippen LogP contribution in [0.15, 0.2) is 71.5 Å². The zero-order chi connectivity index (χ0) is 18.9. The van der Waals surface area contributed by atoms with E-state index in [0.29, 0.717) is 6.61 Å². The van der Waals surface area contributed by atoms with Crippen LogP contribution in [0.1, 0.15) is 26.3 Å². The Balaban J connectivity index is 1.77. The van der Waals surface area contributed by atoms with Gasteiger partial charge < -0.3 is 14.5 Å². The third-order valence-electron chi connectivity index (χ3n) is 4.10. The molecule has 0 unspecified atom stereocenters. The van der Waals surface area contributed by atoms with Crippen molar-refractivity contribution in [2.75, 3.05) is 5.32 Å². The molecule has 0 saturated heterocycles. The average molecular weight is 361 g/mol. The standard InChI is InChI=1S/C22H23N3O2/c1-22(2,3)24-21-19(17-12-8-14-26-17)23-20-18(11-7-13-25(20)21)27-15-16-9-5-4-6-10-16/h4-14,24H,15H2,1-3H3. The number of rotatable bonds is 5. The summed E-state index contributed by atoms with van der Waals surface area (Å²) in [6.45, 7) is 6.85. The molecule has 0 aliphatic rings. The Labute approximate surface area is 158 Å². The van der Waals surface area contributed by atoms with Gasteiger partial charge >= 0.3 is 0 Å². The first-order chi connectivity index (χ1) is 13.0. The van der Waals surface area contributed by atoms with Gasteiger partial charge in [0, 0.05) is 11.7 Å². The van der Waals surface area contributed by atoms with E-state index in [0.717, 1.165) is 34.2 Å². The molecule has 0 radical (unpaired) electrons. The Hall–Kier alpha value is -3.21. The minimum absolute atomic E-state index is 0.127. The fraction of sp³-hybridized carbons (Fsp3) is 0.227. The van der Waals surface area contributed by atoms with Crippen LogP contribution >= 0.6 is 0 Å². The van der Waals surface area contributed by atoms with Crippen LogP contribution < -0.4 is 10.1 Å². The first-order valence-electron chi connectivity index (χ1n) is 9.01. The fourth-order valence-electron chi connectivity index (χ4n) is 2.95. The smallest absolute Gasteiger partial charge is 0.182 e. The lowest BCUT2D eigenvalue weighted by Crippen LogP contribution is -2.27. The number of pyridine rings is 1. The van der Waals surface area contributed by atoms with Crippen LogP contribution in [0.25, 0.3) is 17.1 Å². The van der Waals surface area contributed by atoms with Crippen LogP contribution in [0.4, 0.5) is 5.82 Å². The maximum absolute atomic E-state index is 6.08. The average Bonchev–Trinajstić information content (AvgIpc) is 3.28. The molecule has 3 aromatic heterocycles. The van der Waals surface area contributed by atoms with Crippen molar-refractivity contribution in [1.82, 2.24) is 9.38 Å². The molecule has 4 aromatic rings. The van der Waals surface area contributed by atoms with Gasteiger partial charge in [-0.15, -0.1) is 0 Å². The number of furan rings is 1. The van der Waals surface area contributed by atoms with E-state index in [-0.39, 0.29) is 5.54 Å². The normalized spacial score (nSPS) is 11.7. The summed E-state index contributed by atoms with van der Waals surface area (Å²) >= 11 is 0. The zero-order valence-electron chi connectivity index (χ0n) is 15.8. The van der Waals surface area contributed by atoms with Crippen molar-refractivity contribution in [2.24, 2.45) is 0 Å². The van der Waals surface area contributed by atoms with E-state index in [1.165, 1.54) is 0 Å². The van der Waals surface area contributed by atoms with Gasteiger partial charge in [-0.3, -0.25) is 4.40 Å². The number of benzene rings is 1. The van der Waals surface area contributed by atoms with Gasteiger partial charge in [-0.25, -0.2) is 4.98 Å². The highest BCUT2D eigenvalue weighted by molar-refractivity contribution is 5.76. The topological polar surface area (TPSA) is 51.7 Å². The fourth-order valence-corrected chi connectivity index (χ4v) is 2.95. The summed E-state index contributed by atoms with van der Waals surface area (Å²) in [6, 6.07) is 17.8. The number of anilines is 1. The summed E-state index contributed by atoms with van der Waals surface area (Å²) < 4.78 is 13.7. The Bertz CT molecular complexity index is 1030. The molecule has 138 valence electrons. The molecule has 3 heterocycles. The largest absolute Gasteiger partial charge is 0.485 e. The minimum Gasteiger partial charge on any atom is -0.485 e. The first kappa shape index (κ1) is 17.2. The summed E-state index contributed by atoms with van der Waals surface area (Å²) in [5, 5.41) is 3.55. The summed E-state index contributed by atoms with van der Waals surface area (Å²) in [4.78, 5) is 4.83. The third kappa shape index (κ3) is 3.67. The second kappa shape index (κ2) is 6.83. The van der Waals surface area contributed by atoms with Crippen molar-refractivity contribution in [3.8, 4) is 17.2 Å². The second-order valence-corrected chi connectivity index (χ2v) is 7.50. The van der Waals surface area contributed by atoms with Crippen molar-refractivity contribution in [1.29, 1.82) is 0 Å². The van der Waals surface area contributed by atoms with Crippen molar-refractivity contribution in [2.45, 2.75) is 32.9 Å². The van der Waals surface area contributed by atoms with Crippen molar-refractivity contribution < 1.29 is 9.15 Å². The number of hydrogen-bond donors (Lipinski definition) is 1. The number of ether oxygens (including phenoxy) is 1. The van der Waals surface area contributed by atoms with Gasteiger partial charge in [-0.05, 0) is 50.6 Å². The van der Waals surface area contributed by atoms with E-state index in [4.69, 9.17) is 14.1 Å². The predicted octanol–water partition coefficient (Wildman–Crippen LogP) is 5.38. The Kier molecular flexibility index (Phi) is 4.36. The number of hydrogen-bond acceptors (Lipinski definition) is 4.